The fraction of sp³-hybridized carbons (Fsp3) is 0.647. The predicted octanol–water partition coefficient (Wildman–Crippen LogP) is 2.50. The molecule has 0 amide bonds. The highest BCUT2D eigenvalue weighted by atomic mass is 16.5. The number of piperidine rings is 1. The average Bonchev–Trinajstić information content (AvgIpc) is 2.48. The van der Waals surface area contributed by atoms with Gasteiger partial charge in [0.2, 0.25) is 0 Å². The lowest BCUT2D eigenvalue weighted by Gasteiger charge is -2.45. The second-order valence-corrected chi connectivity index (χ2v) is 6.33. The molecule has 1 spiro atoms. The lowest BCUT2D eigenvalue weighted by atomic mass is 9.82. The fourth-order valence-corrected chi connectivity index (χ4v) is 3.54. The van der Waals surface area contributed by atoms with Gasteiger partial charge in [-0.2, -0.15) is 0 Å². The Balaban J connectivity index is 1.67. The molecular weight excluding hydrogens is 248 g/mol. The molecule has 2 heterocycles. The summed E-state index contributed by atoms with van der Waals surface area (Å²) in [5, 5.41) is 0. The van der Waals surface area contributed by atoms with Gasteiger partial charge in [-0.1, -0.05) is 18.2 Å². The van der Waals surface area contributed by atoms with E-state index in [0.717, 1.165) is 51.2 Å². The molecule has 0 unspecified atom stereocenters. The van der Waals surface area contributed by atoms with E-state index in [1.165, 1.54) is 24.0 Å². The molecule has 20 heavy (non-hydrogen) atoms. The number of ether oxygens (including phenoxy) is 1. The van der Waals surface area contributed by atoms with E-state index in [2.05, 4.69) is 30.0 Å². The Bertz CT molecular complexity index is 464. The SMILES string of the molecule is Cc1cccc2c1OC1(CC2)CCN(CCCN)CC1. The summed E-state index contributed by atoms with van der Waals surface area (Å²) in [5.41, 5.74) is 8.37. The molecule has 3 heteroatoms. The molecule has 2 N–H and O–H groups in total. The molecule has 2 aliphatic rings. The molecule has 2 aliphatic heterocycles. The van der Waals surface area contributed by atoms with Crippen molar-refractivity contribution in [2.45, 2.75) is 44.6 Å². The third-order valence-electron chi connectivity index (χ3n) is 4.91. The molecule has 110 valence electrons. The van der Waals surface area contributed by atoms with E-state index < -0.39 is 0 Å². The Hall–Kier alpha value is -1.06. The van der Waals surface area contributed by atoms with Gasteiger partial charge in [0, 0.05) is 13.1 Å². The van der Waals surface area contributed by atoms with Gasteiger partial charge >= 0.3 is 0 Å². The Labute approximate surface area is 122 Å². The lowest BCUT2D eigenvalue weighted by Crippen LogP contribution is -2.50. The quantitative estimate of drug-likeness (QED) is 0.920. The molecule has 0 atom stereocenters. The molecule has 0 aliphatic carbocycles. The van der Waals surface area contributed by atoms with Gasteiger partial charge in [-0.15, -0.1) is 0 Å². The van der Waals surface area contributed by atoms with E-state index in [1.54, 1.807) is 0 Å². The van der Waals surface area contributed by atoms with Crippen LogP contribution in [0.3, 0.4) is 0 Å². The monoisotopic (exact) mass is 274 g/mol. The Morgan fingerprint density at radius 1 is 1.25 bits per heavy atom. The minimum absolute atomic E-state index is 0.0956. The first-order valence-corrected chi connectivity index (χ1v) is 7.92. The zero-order chi connectivity index (χ0) is 14.0. The van der Waals surface area contributed by atoms with E-state index in [1.807, 2.05) is 0 Å². The van der Waals surface area contributed by atoms with E-state index in [4.69, 9.17) is 10.5 Å². The fourth-order valence-electron chi connectivity index (χ4n) is 3.54. The summed E-state index contributed by atoms with van der Waals surface area (Å²) in [6, 6.07) is 6.52. The number of rotatable bonds is 3. The highest BCUT2D eigenvalue weighted by molar-refractivity contribution is 5.43. The Kier molecular flexibility index (Phi) is 3.99. The number of nitrogens with two attached hydrogens (primary N) is 1. The van der Waals surface area contributed by atoms with Crippen LogP contribution in [-0.4, -0.2) is 36.7 Å². The molecule has 3 rings (SSSR count). The number of benzene rings is 1. The normalized spacial score (nSPS) is 21.5. The van der Waals surface area contributed by atoms with Crippen molar-refractivity contribution in [1.29, 1.82) is 0 Å². The van der Waals surface area contributed by atoms with Crippen molar-refractivity contribution in [3.05, 3.63) is 29.3 Å². The van der Waals surface area contributed by atoms with Crippen molar-refractivity contribution < 1.29 is 4.74 Å². The summed E-state index contributed by atoms with van der Waals surface area (Å²) in [6.07, 6.45) is 5.76. The lowest BCUT2D eigenvalue weighted by molar-refractivity contribution is -0.0150. The zero-order valence-electron chi connectivity index (χ0n) is 12.5. The molecule has 1 aromatic rings. The number of nitrogens with zero attached hydrogens (tertiary/aromatic N) is 1. The molecule has 1 aromatic carbocycles. The summed E-state index contributed by atoms with van der Waals surface area (Å²) in [7, 11) is 0. The van der Waals surface area contributed by atoms with Crippen molar-refractivity contribution in [3.63, 3.8) is 0 Å². The van der Waals surface area contributed by atoms with Crippen LogP contribution in [0.15, 0.2) is 18.2 Å². The second-order valence-electron chi connectivity index (χ2n) is 6.33. The Morgan fingerprint density at radius 2 is 2.05 bits per heavy atom. The van der Waals surface area contributed by atoms with Gasteiger partial charge in [0.05, 0.1) is 0 Å². The predicted molar refractivity (Wildman–Crippen MR) is 82.2 cm³/mol. The number of aryl methyl sites for hydroxylation is 2. The van der Waals surface area contributed by atoms with E-state index in [9.17, 15) is 0 Å². The molecule has 0 aromatic heterocycles. The van der Waals surface area contributed by atoms with Crippen molar-refractivity contribution in [2.75, 3.05) is 26.2 Å². The highest BCUT2D eigenvalue weighted by Gasteiger charge is 2.39. The number of para-hydroxylation sites is 1. The van der Waals surface area contributed by atoms with Crippen LogP contribution in [0, 0.1) is 6.92 Å². The van der Waals surface area contributed by atoms with Gasteiger partial charge in [0.1, 0.15) is 11.4 Å². The second kappa shape index (κ2) is 5.74. The van der Waals surface area contributed by atoms with Gasteiger partial charge < -0.3 is 15.4 Å². The smallest absolute Gasteiger partial charge is 0.126 e. The minimum Gasteiger partial charge on any atom is -0.487 e. The van der Waals surface area contributed by atoms with Crippen LogP contribution in [0.2, 0.25) is 0 Å². The van der Waals surface area contributed by atoms with Crippen molar-refractivity contribution in [2.24, 2.45) is 5.73 Å². The number of hydrogen-bond acceptors (Lipinski definition) is 3. The number of likely N-dealkylation sites (tertiary alicyclic amines) is 1. The standard InChI is InChI=1S/C17H26N2O/c1-14-4-2-5-15-6-7-17(20-16(14)15)8-12-19(13-9-17)11-3-10-18/h2,4-5H,3,6-13,18H2,1H3. The third-order valence-corrected chi connectivity index (χ3v) is 4.91. The van der Waals surface area contributed by atoms with Crippen LogP contribution in [0.5, 0.6) is 5.75 Å². The third kappa shape index (κ3) is 2.70. The van der Waals surface area contributed by atoms with Crippen LogP contribution >= 0.6 is 0 Å². The van der Waals surface area contributed by atoms with Gasteiger partial charge in [0.15, 0.2) is 0 Å². The first-order chi connectivity index (χ1) is 9.72. The molecule has 1 saturated heterocycles. The van der Waals surface area contributed by atoms with E-state index >= 15 is 0 Å². The maximum absolute atomic E-state index is 6.49. The average molecular weight is 274 g/mol. The molecule has 0 bridgehead atoms. The zero-order valence-corrected chi connectivity index (χ0v) is 12.5. The van der Waals surface area contributed by atoms with Crippen LogP contribution in [0.1, 0.15) is 36.8 Å². The van der Waals surface area contributed by atoms with Gasteiger partial charge in [-0.25, -0.2) is 0 Å². The summed E-state index contributed by atoms with van der Waals surface area (Å²) >= 11 is 0. The summed E-state index contributed by atoms with van der Waals surface area (Å²) in [4.78, 5) is 2.54. The van der Waals surface area contributed by atoms with Crippen molar-refractivity contribution in [3.8, 4) is 5.75 Å². The van der Waals surface area contributed by atoms with Crippen LogP contribution in [0.25, 0.3) is 0 Å². The minimum atomic E-state index is 0.0956. The van der Waals surface area contributed by atoms with E-state index in [-0.39, 0.29) is 5.60 Å². The maximum Gasteiger partial charge on any atom is 0.126 e. The molecule has 3 nitrogen and oxygen atoms in total. The van der Waals surface area contributed by atoms with E-state index in [0.29, 0.717) is 0 Å². The molecule has 0 radical (unpaired) electrons. The number of hydrogen-bond donors (Lipinski definition) is 1. The summed E-state index contributed by atoms with van der Waals surface area (Å²) in [5.74, 6) is 1.16. The first kappa shape index (κ1) is 13.9. The molecule has 0 saturated carbocycles. The van der Waals surface area contributed by atoms with Gasteiger partial charge in [-0.3, -0.25) is 0 Å². The van der Waals surface area contributed by atoms with Crippen molar-refractivity contribution >= 4 is 0 Å². The van der Waals surface area contributed by atoms with Crippen molar-refractivity contribution in [1.82, 2.24) is 4.90 Å². The van der Waals surface area contributed by atoms with Gasteiger partial charge in [-0.05, 0) is 63.2 Å². The number of fused-ring (bicyclic) bond motifs is 1. The summed E-state index contributed by atoms with van der Waals surface area (Å²) < 4.78 is 6.49. The Morgan fingerprint density at radius 3 is 2.80 bits per heavy atom. The van der Waals surface area contributed by atoms with Crippen LogP contribution in [0.4, 0.5) is 0 Å². The largest absolute Gasteiger partial charge is 0.487 e. The van der Waals surface area contributed by atoms with Crippen LogP contribution in [-0.2, 0) is 6.42 Å². The van der Waals surface area contributed by atoms with Gasteiger partial charge in [0.25, 0.3) is 0 Å². The molecule has 1 fully saturated rings. The maximum atomic E-state index is 6.49. The van der Waals surface area contributed by atoms with Crippen LogP contribution < -0.4 is 10.5 Å². The summed E-state index contributed by atoms with van der Waals surface area (Å²) in [6.45, 7) is 6.41. The topological polar surface area (TPSA) is 38.5 Å². The highest BCUT2D eigenvalue weighted by Crippen LogP contribution is 2.40. The first-order valence-electron chi connectivity index (χ1n) is 7.92. The molecular formula is C17H26N2O.